The van der Waals surface area contributed by atoms with E-state index in [1.165, 1.54) is 6.08 Å². The highest BCUT2D eigenvalue weighted by Crippen LogP contribution is 2.22. The molecule has 2 rings (SSSR count). The Morgan fingerprint density at radius 1 is 1.03 bits per heavy atom. The molecule has 0 radical (unpaired) electrons. The van der Waals surface area contributed by atoms with Crippen LogP contribution in [0.15, 0.2) is 66.7 Å². The molecule has 0 aliphatic carbocycles. The molecule has 2 atom stereocenters. The van der Waals surface area contributed by atoms with Gasteiger partial charge in [-0.2, -0.15) is 0 Å². The molecule has 2 aromatic rings. The van der Waals surface area contributed by atoms with Crippen molar-refractivity contribution in [1.29, 1.82) is 0 Å². The lowest BCUT2D eigenvalue weighted by Crippen LogP contribution is -2.63. The van der Waals surface area contributed by atoms with Crippen LogP contribution in [0.5, 0.6) is 5.75 Å². The second-order valence-corrected chi connectivity index (χ2v) is 10.2. The first-order chi connectivity index (χ1) is 17.4. The molecular weight excluding hydrogens is 470 g/mol. The van der Waals surface area contributed by atoms with Gasteiger partial charge in [0.2, 0.25) is 11.8 Å². The maximum atomic E-state index is 13.4. The fraction of sp³-hybridized carbons (Fsp3) is 0.414. The van der Waals surface area contributed by atoms with Crippen molar-refractivity contribution in [3.8, 4) is 5.75 Å². The first-order valence-corrected chi connectivity index (χ1v) is 12.4. The van der Waals surface area contributed by atoms with Gasteiger partial charge in [0.25, 0.3) is 0 Å². The number of ether oxygens (including phenoxy) is 1. The average Bonchev–Trinajstić information content (AvgIpc) is 2.83. The zero-order chi connectivity index (χ0) is 27.6. The number of amides is 3. The maximum absolute atomic E-state index is 13.4. The van der Waals surface area contributed by atoms with Crippen molar-refractivity contribution in [2.45, 2.75) is 65.1 Å². The van der Waals surface area contributed by atoms with E-state index in [-0.39, 0.29) is 11.8 Å². The van der Waals surface area contributed by atoms with E-state index in [1.807, 2.05) is 30.3 Å². The van der Waals surface area contributed by atoms with E-state index in [0.717, 1.165) is 10.5 Å². The van der Waals surface area contributed by atoms with Gasteiger partial charge >= 0.3 is 0 Å². The van der Waals surface area contributed by atoms with Crippen molar-refractivity contribution in [2.24, 2.45) is 5.92 Å². The van der Waals surface area contributed by atoms with Crippen LogP contribution in [0.25, 0.3) is 0 Å². The van der Waals surface area contributed by atoms with Crippen molar-refractivity contribution in [2.75, 3.05) is 12.4 Å². The van der Waals surface area contributed by atoms with E-state index in [2.05, 4.69) is 10.6 Å². The topological polar surface area (TPSA) is 111 Å². The zero-order valence-electron chi connectivity index (χ0n) is 22.5. The molecule has 0 unspecified atom stereocenters. The number of nitrogens with one attached hydrogen (secondary N) is 2. The molecule has 0 saturated carbocycles. The van der Waals surface area contributed by atoms with Crippen LogP contribution in [0.2, 0.25) is 0 Å². The quantitative estimate of drug-likeness (QED) is 0.449. The molecule has 0 fully saturated rings. The number of nitrogens with zero attached hydrogens (tertiary/aromatic N) is 1. The van der Waals surface area contributed by atoms with Crippen molar-refractivity contribution >= 4 is 23.6 Å². The third-order valence-electron chi connectivity index (χ3n) is 5.85. The van der Waals surface area contributed by atoms with E-state index in [0.29, 0.717) is 24.3 Å². The number of hydrogen-bond donors (Lipinski definition) is 2. The molecule has 0 spiro atoms. The van der Waals surface area contributed by atoms with Crippen molar-refractivity contribution < 1.29 is 24.2 Å². The number of carbonyl (C=O) groups excluding carboxylic acids is 3. The smallest absolute Gasteiger partial charge is 0.248 e. The summed E-state index contributed by atoms with van der Waals surface area (Å²) in [6, 6.07) is 15.3. The van der Waals surface area contributed by atoms with Crippen LogP contribution in [0.4, 0.5) is 10.5 Å². The second-order valence-electron chi connectivity index (χ2n) is 10.2. The van der Waals surface area contributed by atoms with Crippen LogP contribution in [0, 0.1) is 5.92 Å². The molecule has 0 saturated heterocycles. The molecule has 200 valence electrons. The number of rotatable bonds is 11. The van der Waals surface area contributed by atoms with Crippen LogP contribution in [-0.4, -0.2) is 47.5 Å². The Labute approximate surface area is 219 Å². The summed E-state index contributed by atoms with van der Waals surface area (Å²) in [6.45, 7) is 8.76. The van der Waals surface area contributed by atoms with Gasteiger partial charge < -0.3 is 30.2 Å². The molecule has 0 bridgehead atoms. The summed E-state index contributed by atoms with van der Waals surface area (Å²) in [5, 5.41) is 17.7. The Balaban J connectivity index is 2.22. The highest BCUT2D eigenvalue weighted by Gasteiger charge is 2.36. The molecule has 37 heavy (non-hydrogen) atoms. The SMILES string of the molecule is COc1ccc(NC(=O)/C=C/[C@H](CCc2ccccc2)NC(=O)[C@H](C(C)C)N(C(=O)[O-])C(C)(C)C)cc1. The third kappa shape index (κ3) is 9.29. The predicted molar refractivity (Wildman–Crippen MR) is 143 cm³/mol. The Hall–Kier alpha value is -3.81. The van der Waals surface area contributed by atoms with Gasteiger partial charge in [-0.3, -0.25) is 9.59 Å². The predicted octanol–water partition coefficient (Wildman–Crippen LogP) is 3.78. The summed E-state index contributed by atoms with van der Waals surface area (Å²) in [6.07, 6.45) is 2.79. The Morgan fingerprint density at radius 2 is 1.65 bits per heavy atom. The van der Waals surface area contributed by atoms with E-state index >= 15 is 0 Å². The summed E-state index contributed by atoms with van der Waals surface area (Å²) in [7, 11) is 1.57. The Bertz CT molecular complexity index is 1060. The van der Waals surface area contributed by atoms with E-state index in [9.17, 15) is 19.5 Å². The number of benzene rings is 2. The van der Waals surface area contributed by atoms with Gasteiger partial charge in [-0.15, -0.1) is 0 Å². The normalized spacial score (nSPS) is 13.2. The standard InChI is InChI=1S/C29H39N3O5/c1-20(2)26(32(28(35)36)29(3,4)5)27(34)31-23(13-12-21-10-8-7-9-11-21)16-19-25(33)30-22-14-17-24(37-6)18-15-22/h7-11,14-20,23,26H,12-13H2,1-6H3,(H,30,33)(H,31,34)(H,35,36)/p-1/b19-16+/t23-,26-/m0/s1. The monoisotopic (exact) mass is 508 g/mol. The zero-order valence-corrected chi connectivity index (χ0v) is 22.5. The highest BCUT2D eigenvalue weighted by molar-refractivity contribution is 5.99. The lowest BCUT2D eigenvalue weighted by molar-refractivity contribution is -0.274. The van der Waals surface area contributed by atoms with Gasteiger partial charge in [-0.1, -0.05) is 50.3 Å². The molecule has 3 amide bonds. The summed E-state index contributed by atoms with van der Waals surface area (Å²) in [5.74, 6) is -0.407. The molecule has 2 N–H and O–H groups in total. The second kappa shape index (κ2) is 13.5. The number of methoxy groups -OCH3 is 1. The number of hydrogen-bond acceptors (Lipinski definition) is 5. The minimum Gasteiger partial charge on any atom is -0.530 e. The summed E-state index contributed by atoms with van der Waals surface area (Å²) >= 11 is 0. The lowest BCUT2D eigenvalue weighted by atomic mass is 9.95. The van der Waals surface area contributed by atoms with Gasteiger partial charge in [0, 0.05) is 23.3 Å². The number of anilines is 1. The summed E-state index contributed by atoms with van der Waals surface area (Å²) in [5.41, 5.74) is 0.859. The first kappa shape index (κ1) is 29.4. The fourth-order valence-electron chi connectivity index (χ4n) is 4.04. The van der Waals surface area contributed by atoms with Gasteiger partial charge in [0.1, 0.15) is 17.9 Å². The van der Waals surface area contributed by atoms with Gasteiger partial charge in [-0.05, 0) is 69.4 Å². The van der Waals surface area contributed by atoms with Crippen molar-refractivity contribution in [1.82, 2.24) is 10.2 Å². The molecule has 8 heteroatoms. The molecule has 0 aliphatic heterocycles. The average molecular weight is 509 g/mol. The summed E-state index contributed by atoms with van der Waals surface area (Å²) < 4.78 is 5.13. The minimum absolute atomic E-state index is 0.297. The maximum Gasteiger partial charge on any atom is 0.248 e. The largest absolute Gasteiger partial charge is 0.530 e. The van der Waals surface area contributed by atoms with Crippen LogP contribution >= 0.6 is 0 Å². The first-order valence-electron chi connectivity index (χ1n) is 12.4. The Morgan fingerprint density at radius 3 is 2.16 bits per heavy atom. The highest BCUT2D eigenvalue weighted by atomic mass is 16.5. The van der Waals surface area contributed by atoms with Gasteiger partial charge in [-0.25, -0.2) is 0 Å². The van der Waals surface area contributed by atoms with Crippen LogP contribution in [0.3, 0.4) is 0 Å². The minimum atomic E-state index is -1.41. The van der Waals surface area contributed by atoms with Crippen LogP contribution < -0.4 is 20.5 Å². The van der Waals surface area contributed by atoms with Crippen LogP contribution in [0.1, 0.15) is 46.6 Å². The number of carbonyl (C=O) groups is 3. The third-order valence-corrected chi connectivity index (χ3v) is 5.85. The van der Waals surface area contributed by atoms with E-state index in [4.69, 9.17) is 4.74 Å². The van der Waals surface area contributed by atoms with E-state index in [1.54, 1.807) is 72.1 Å². The lowest BCUT2D eigenvalue weighted by Gasteiger charge is -2.44. The molecule has 2 aromatic carbocycles. The van der Waals surface area contributed by atoms with Gasteiger partial charge in [0.05, 0.1) is 7.11 Å². The molecule has 0 aliphatic rings. The molecule has 8 nitrogen and oxygen atoms in total. The number of carboxylic acid groups (broad SMARTS) is 1. The fourth-order valence-corrected chi connectivity index (χ4v) is 4.04. The van der Waals surface area contributed by atoms with Gasteiger partial charge in [0.15, 0.2) is 0 Å². The summed E-state index contributed by atoms with van der Waals surface area (Å²) in [4.78, 5) is 39.0. The van der Waals surface area contributed by atoms with Crippen LogP contribution in [-0.2, 0) is 16.0 Å². The molecule has 0 heterocycles. The molecular formula is C29H38N3O5-. The van der Waals surface area contributed by atoms with Crippen molar-refractivity contribution in [3.63, 3.8) is 0 Å². The van der Waals surface area contributed by atoms with Crippen molar-refractivity contribution in [3.05, 3.63) is 72.3 Å². The Kier molecular flexibility index (Phi) is 10.7. The van der Waals surface area contributed by atoms with E-state index < -0.39 is 29.6 Å². The number of aryl methyl sites for hydroxylation is 1. The molecule has 0 aromatic heterocycles.